The van der Waals surface area contributed by atoms with Crippen LogP contribution >= 0.6 is 0 Å². The van der Waals surface area contributed by atoms with Crippen molar-refractivity contribution in [2.75, 3.05) is 0 Å². The van der Waals surface area contributed by atoms with Crippen LogP contribution in [0.25, 0.3) is 0 Å². The van der Waals surface area contributed by atoms with Crippen molar-refractivity contribution in [1.82, 2.24) is 10.3 Å². The third-order valence-electron chi connectivity index (χ3n) is 2.25. The summed E-state index contributed by atoms with van der Waals surface area (Å²) < 4.78 is 12.8. The number of halogens is 1. The third kappa shape index (κ3) is 3.14. The molecule has 82 valence electrons. The molecule has 0 saturated heterocycles. The summed E-state index contributed by atoms with van der Waals surface area (Å²) in [6.07, 6.45) is 0. The Morgan fingerprint density at radius 3 is 2.50 bits per heavy atom. The van der Waals surface area contributed by atoms with Gasteiger partial charge in [0, 0.05) is 13.1 Å². The van der Waals surface area contributed by atoms with Gasteiger partial charge in [0.05, 0.1) is 5.69 Å². The fraction of sp³-hybridized carbons (Fsp3) is 0.154. The molecule has 1 N–H and O–H groups in total. The lowest BCUT2D eigenvalue weighted by Crippen LogP contribution is -2.13. The minimum atomic E-state index is -0.431. The molecule has 0 amide bonds. The Kier molecular flexibility index (Phi) is 3.62. The lowest BCUT2D eigenvalue weighted by atomic mass is 10.2. The number of nitrogens with one attached hydrogen (secondary N) is 1. The first-order valence-electron chi connectivity index (χ1n) is 5.21. The molecule has 16 heavy (non-hydrogen) atoms. The van der Waals surface area contributed by atoms with Crippen LogP contribution in [0.4, 0.5) is 4.39 Å². The Balaban J connectivity index is 1.85. The van der Waals surface area contributed by atoms with Gasteiger partial charge in [0.2, 0.25) is 5.95 Å². The highest BCUT2D eigenvalue weighted by Gasteiger charge is 1.96. The first-order valence-corrected chi connectivity index (χ1v) is 5.21. The highest BCUT2D eigenvalue weighted by molar-refractivity contribution is 5.14. The summed E-state index contributed by atoms with van der Waals surface area (Å²) in [5.41, 5.74) is 1.93. The Morgan fingerprint density at radius 1 is 0.938 bits per heavy atom. The maximum absolute atomic E-state index is 12.8. The van der Waals surface area contributed by atoms with Crippen molar-refractivity contribution in [2.45, 2.75) is 13.1 Å². The Labute approximate surface area is 94.2 Å². The second-order valence-corrected chi connectivity index (χ2v) is 3.54. The number of benzene rings is 1. The molecule has 0 saturated carbocycles. The standard InChI is InChI=1S/C13H13FN2/c14-13-8-4-7-12(16-13)10-15-9-11-5-2-1-3-6-11/h1-8,15H,9-10H2. The maximum Gasteiger partial charge on any atom is 0.213 e. The zero-order valence-electron chi connectivity index (χ0n) is 8.86. The normalized spacial score (nSPS) is 10.3. The van der Waals surface area contributed by atoms with Crippen LogP contribution in [0.3, 0.4) is 0 Å². The van der Waals surface area contributed by atoms with E-state index in [1.807, 2.05) is 30.3 Å². The molecule has 2 nitrogen and oxygen atoms in total. The number of nitrogens with zero attached hydrogens (tertiary/aromatic N) is 1. The average Bonchev–Trinajstić information content (AvgIpc) is 2.30. The molecule has 0 radical (unpaired) electrons. The van der Waals surface area contributed by atoms with Crippen molar-refractivity contribution in [2.24, 2.45) is 0 Å². The van der Waals surface area contributed by atoms with E-state index in [4.69, 9.17) is 0 Å². The van der Waals surface area contributed by atoms with Crippen molar-refractivity contribution < 1.29 is 4.39 Å². The number of hydrogen-bond donors (Lipinski definition) is 1. The largest absolute Gasteiger partial charge is 0.307 e. The molecule has 0 unspecified atom stereocenters. The highest BCUT2D eigenvalue weighted by atomic mass is 19.1. The van der Waals surface area contributed by atoms with Crippen molar-refractivity contribution in [3.8, 4) is 0 Å². The van der Waals surface area contributed by atoms with E-state index < -0.39 is 5.95 Å². The van der Waals surface area contributed by atoms with Crippen LogP contribution in [0.15, 0.2) is 48.5 Å². The van der Waals surface area contributed by atoms with Gasteiger partial charge in [0.15, 0.2) is 0 Å². The summed E-state index contributed by atoms with van der Waals surface area (Å²) >= 11 is 0. The van der Waals surface area contributed by atoms with Gasteiger partial charge in [-0.15, -0.1) is 0 Å². The van der Waals surface area contributed by atoms with Gasteiger partial charge in [-0.3, -0.25) is 0 Å². The number of hydrogen-bond acceptors (Lipinski definition) is 2. The fourth-order valence-electron chi connectivity index (χ4n) is 1.48. The van der Waals surface area contributed by atoms with E-state index in [-0.39, 0.29) is 0 Å². The second-order valence-electron chi connectivity index (χ2n) is 3.54. The summed E-state index contributed by atoms with van der Waals surface area (Å²) in [6.45, 7) is 1.34. The molecule has 3 heteroatoms. The molecule has 0 atom stereocenters. The monoisotopic (exact) mass is 216 g/mol. The summed E-state index contributed by atoms with van der Waals surface area (Å²) in [7, 11) is 0. The summed E-state index contributed by atoms with van der Waals surface area (Å²) in [4.78, 5) is 3.78. The van der Waals surface area contributed by atoms with Gasteiger partial charge in [-0.05, 0) is 17.7 Å². The van der Waals surface area contributed by atoms with Gasteiger partial charge in [-0.2, -0.15) is 4.39 Å². The molecule has 0 bridgehead atoms. The van der Waals surface area contributed by atoms with Crippen molar-refractivity contribution in [1.29, 1.82) is 0 Å². The summed E-state index contributed by atoms with van der Waals surface area (Å²) in [5.74, 6) is -0.431. The molecule has 1 aromatic heterocycles. The van der Waals surface area contributed by atoms with Crippen LogP contribution < -0.4 is 5.32 Å². The molecule has 0 fully saturated rings. The predicted molar refractivity (Wildman–Crippen MR) is 61.2 cm³/mol. The quantitative estimate of drug-likeness (QED) is 0.794. The second kappa shape index (κ2) is 5.37. The van der Waals surface area contributed by atoms with E-state index in [1.165, 1.54) is 11.6 Å². The first kappa shape index (κ1) is 10.8. The molecule has 0 aliphatic rings. The summed E-state index contributed by atoms with van der Waals surface area (Å²) in [6, 6.07) is 14.9. The molecular formula is C13H13FN2. The SMILES string of the molecule is Fc1cccc(CNCc2ccccc2)n1. The van der Waals surface area contributed by atoms with Crippen LogP contribution in [0.5, 0.6) is 0 Å². The van der Waals surface area contributed by atoms with Gasteiger partial charge in [-0.1, -0.05) is 36.4 Å². The maximum atomic E-state index is 12.8. The van der Waals surface area contributed by atoms with E-state index in [0.29, 0.717) is 6.54 Å². The predicted octanol–water partition coefficient (Wildman–Crippen LogP) is 2.51. The van der Waals surface area contributed by atoms with Crippen LogP contribution in [0, 0.1) is 5.95 Å². The zero-order chi connectivity index (χ0) is 11.2. The molecule has 0 aliphatic heterocycles. The Bertz CT molecular complexity index is 443. The first-order chi connectivity index (χ1) is 7.84. The number of aromatic nitrogens is 1. The fourth-order valence-corrected chi connectivity index (χ4v) is 1.48. The van der Waals surface area contributed by atoms with Crippen molar-refractivity contribution in [3.63, 3.8) is 0 Å². The molecule has 1 heterocycles. The highest BCUT2D eigenvalue weighted by Crippen LogP contribution is 2.00. The number of rotatable bonds is 4. The van der Waals surface area contributed by atoms with Gasteiger partial charge in [0.1, 0.15) is 0 Å². The van der Waals surface area contributed by atoms with Gasteiger partial charge < -0.3 is 5.32 Å². The topological polar surface area (TPSA) is 24.9 Å². The molecular weight excluding hydrogens is 203 g/mol. The third-order valence-corrected chi connectivity index (χ3v) is 2.25. The van der Waals surface area contributed by atoms with E-state index >= 15 is 0 Å². The lowest BCUT2D eigenvalue weighted by molar-refractivity contribution is 0.568. The van der Waals surface area contributed by atoms with Crippen LogP contribution in [0.2, 0.25) is 0 Å². The van der Waals surface area contributed by atoms with Crippen molar-refractivity contribution in [3.05, 3.63) is 65.7 Å². The Morgan fingerprint density at radius 2 is 1.75 bits per heavy atom. The van der Waals surface area contributed by atoms with Crippen LogP contribution in [-0.4, -0.2) is 4.98 Å². The van der Waals surface area contributed by atoms with Gasteiger partial charge in [0.25, 0.3) is 0 Å². The molecule has 1 aromatic carbocycles. The molecule has 2 rings (SSSR count). The van der Waals surface area contributed by atoms with E-state index in [1.54, 1.807) is 12.1 Å². The average molecular weight is 216 g/mol. The lowest BCUT2D eigenvalue weighted by Gasteiger charge is -2.04. The van der Waals surface area contributed by atoms with E-state index in [2.05, 4.69) is 10.3 Å². The zero-order valence-corrected chi connectivity index (χ0v) is 8.86. The molecule has 2 aromatic rings. The minimum Gasteiger partial charge on any atom is -0.307 e. The van der Waals surface area contributed by atoms with E-state index in [0.717, 1.165) is 12.2 Å². The minimum absolute atomic E-state index is 0.431. The summed E-state index contributed by atoms with van der Waals surface area (Å²) in [5, 5.41) is 3.22. The van der Waals surface area contributed by atoms with E-state index in [9.17, 15) is 4.39 Å². The Hall–Kier alpha value is -1.74. The van der Waals surface area contributed by atoms with Crippen LogP contribution in [0.1, 0.15) is 11.3 Å². The number of pyridine rings is 1. The molecule has 0 spiro atoms. The van der Waals surface area contributed by atoms with Crippen LogP contribution in [-0.2, 0) is 13.1 Å². The van der Waals surface area contributed by atoms with Gasteiger partial charge in [-0.25, -0.2) is 4.98 Å². The van der Waals surface area contributed by atoms with Crippen molar-refractivity contribution >= 4 is 0 Å². The molecule has 0 aliphatic carbocycles. The smallest absolute Gasteiger partial charge is 0.213 e. The van der Waals surface area contributed by atoms with Gasteiger partial charge >= 0.3 is 0 Å².